The van der Waals surface area contributed by atoms with Gasteiger partial charge in [-0.2, -0.15) is 0 Å². The van der Waals surface area contributed by atoms with Crippen LogP contribution < -0.4 is 5.73 Å². The van der Waals surface area contributed by atoms with Crippen LogP contribution in [0.1, 0.15) is 44.1 Å². The molecule has 0 radical (unpaired) electrons. The van der Waals surface area contributed by atoms with E-state index in [0.717, 1.165) is 28.8 Å². The largest absolute Gasteiger partial charge is 0.392 e. The average Bonchev–Trinajstić information content (AvgIpc) is 2.40. The van der Waals surface area contributed by atoms with Crippen LogP contribution in [0.5, 0.6) is 0 Å². The zero-order chi connectivity index (χ0) is 13.8. The zero-order valence-electron chi connectivity index (χ0n) is 11.6. The highest BCUT2D eigenvalue weighted by atomic mass is 79.9. The fourth-order valence-electron chi connectivity index (χ4n) is 3.17. The van der Waals surface area contributed by atoms with E-state index in [4.69, 9.17) is 5.73 Å². The fraction of sp³-hybridized carbons (Fsp3) is 0.625. The molecule has 0 saturated heterocycles. The molecule has 0 aliphatic heterocycles. The van der Waals surface area contributed by atoms with Crippen LogP contribution in [0.2, 0.25) is 0 Å². The van der Waals surface area contributed by atoms with E-state index in [1.165, 1.54) is 12.8 Å². The second kappa shape index (κ2) is 6.87. The summed E-state index contributed by atoms with van der Waals surface area (Å²) in [5.41, 5.74) is 7.06. The first-order valence-electron chi connectivity index (χ1n) is 7.25. The molecule has 1 aliphatic carbocycles. The third-order valence-corrected chi connectivity index (χ3v) is 4.98. The molecule has 0 bridgehead atoms. The predicted molar refractivity (Wildman–Crippen MR) is 83.1 cm³/mol. The molecule has 1 aromatic rings. The van der Waals surface area contributed by atoms with E-state index in [0.29, 0.717) is 12.5 Å². The number of halogens is 1. The van der Waals surface area contributed by atoms with E-state index in [-0.39, 0.29) is 12.0 Å². The molecular formula is C16H24BrNO. The smallest absolute Gasteiger partial charge is 0.0648 e. The van der Waals surface area contributed by atoms with Crippen LogP contribution >= 0.6 is 15.9 Å². The van der Waals surface area contributed by atoms with Crippen molar-refractivity contribution in [2.24, 2.45) is 17.6 Å². The molecule has 1 saturated carbocycles. The van der Waals surface area contributed by atoms with Gasteiger partial charge in [0.2, 0.25) is 0 Å². The first-order chi connectivity index (χ1) is 9.11. The Morgan fingerprint density at radius 2 is 2.00 bits per heavy atom. The summed E-state index contributed by atoms with van der Waals surface area (Å²) in [6.07, 6.45) is 4.42. The zero-order valence-corrected chi connectivity index (χ0v) is 13.1. The molecule has 1 fully saturated rings. The summed E-state index contributed by atoms with van der Waals surface area (Å²) in [6, 6.07) is 8.16. The van der Waals surface area contributed by atoms with Gasteiger partial charge < -0.3 is 10.8 Å². The molecule has 2 atom stereocenters. The highest BCUT2D eigenvalue weighted by molar-refractivity contribution is 9.10. The van der Waals surface area contributed by atoms with Crippen LogP contribution in [0.4, 0.5) is 0 Å². The van der Waals surface area contributed by atoms with Crippen molar-refractivity contribution >= 4 is 15.9 Å². The minimum atomic E-state index is -0.313. The van der Waals surface area contributed by atoms with Gasteiger partial charge in [-0.05, 0) is 42.4 Å². The van der Waals surface area contributed by atoms with E-state index in [1.54, 1.807) is 0 Å². The summed E-state index contributed by atoms with van der Waals surface area (Å²) in [4.78, 5) is 0. The maximum absolute atomic E-state index is 10.7. The number of hydrogen-bond acceptors (Lipinski definition) is 2. The maximum atomic E-state index is 10.7. The summed E-state index contributed by atoms with van der Waals surface area (Å²) >= 11 is 3.49. The molecule has 106 valence electrons. The van der Waals surface area contributed by atoms with Crippen molar-refractivity contribution in [1.29, 1.82) is 0 Å². The molecule has 3 N–H and O–H groups in total. The van der Waals surface area contributed by atoms with Crippen molar-refractivity contribution < 1.29 is 5.11 Å². The SMILES string of the molecule is CC1CCC(C(O)C(CN)c2cccc(Br)c2)CC1. The number of nitrogens with two attached hydrogens (primary N) is 1. The Morgan fingerprint density at radius 3 is 2.58 bits per heavy atom. The normalized spacial score (nSPS) is 26.9. The highest BCUT2D eigenvalue weighted by Crippen LogP contribution is 2.35. The Morgan fingerprint density at radius 1 is 1.32 bits per heavy atom. The third kappa shape index (κ3) is 3.80. The van der Waals surface area contributed by atoms with E-state index >= 15 is 0 Å². The fourth-order valence-corrected chi connectivity index (χ4v) is 3.58. The predicted octanol–water partition coefficient (Wildman–Crippen LogP) is 3.68. The lowest BCUT2D eigenvalue weighted by molar-refractivity contribution is 0.0548. The highest BCUT2D eigenvalue weighted by Gasteiger charge is 2.30. The van der Waals surface area contributed by atoms with E-state index in [9.17, 15) is 5.11 Å². The Labute approximate surface area is 124 Å². The molecule has 0 amide bonds. The van der Waals surface area contributed by atoms with Gasteiger partial charge in [0.15, 0.2) is 0 Å². The Bertz CT molecular complexity index is 401. The summed E-state index contributed by atoms with van der Waals surface area (Å²) < 4.78 is 1.05. The van der Waals surface area contributed by atoms with Gasteiger partial charge in [0, 0.05) is 16.9 Å². The minimum absolute atomic E-state index is 0.0518. The van der Waals surface area contributed by atoms with Crippen molar-refractivity contribution in [3.05, 3.63) is 34.3 Å². The molecule has 19 heavy (non-hydrogen) atoms. The van der Waals surface area contributed by atoms with Crippen LogP contribution in [-0.4, -0.2) is 17.8 Å². The van der Waals surface area contributed by atoms with Crippen molar-refractivity contribution in [3.8, 4) is 0 Å². The quantitative estimate of drug-likeness (QED) is 0.887. The molecule has 3 heteroatoms. The van der Waals surface area contributed by atoms with E-state index in [1.807, 2.05) is 12.1 Å². The van der Waals surface area contributed by atoms with Crippen LogP contribution in [0.3, 0.4) is 0 Å². The minimum Gasteiger partial charge on any atom is -0.392 e. The number of aliphatic hydroxyl groups excluding tert-OH is 1. The molecule has 0 aromatic heterocycles. The summed E-state index contributed by atoms with van der Waals surface area (Å²) in [6.45, 7) is 2.81. The first-order valence-corrected chi connectivity index (χ1v) is 8.04. The topological polar surface area (TPSA) is 46.2 Å². The van der Waals surface area contributed by atoms with Crippen molar-refractivity contribution in [3.63, 3.8) is 0 Å². The van der Waals surface area contributed by atoms with Gasteiger partial charge in [-0.3, -0.25) is 0 Å². The molecule has 0 spiro atoms. The van der Waals surface area contributed by atoms with E-state index < -0.39 is 0 Å². The van der Waals surface area contributed by atoms with Gasteiger partial charge in [0.05, 0.1) is 6.10 Å². The van der Waals surface area contributed by atoms with Crippen LogP contribution in [0.15, 0.2) is 28.7 Å². The van der Waals surface area contributed by atoms with E-state index in [2.05, 4.69) is 35.0 Å². The van der Waals surface area contributed by atoms with Crippen LogP contribution in [0.25, 0.3) is 0 Å². The lowest BCUT2D eigenvalue weighted by Gasteiger charge is -2.34. The van der Waals surface area contributed by atoms with Crippen molar-refractivity contribution in [2.45, 2.75) is 44.6 Å². The van der Waals surface area contributed by atoms with Gasteiger partial charge in [-0.1, -0.05) is 47.8 Å². The maximum Gasteiger partial charge on any atom is 0.0648 e. The summed E-state index contributed by atoms with van der Waals surface area (Å²) in [5, 5.41) is 10.7. The van der Waals surface area contributed by atoms with Gasteiger partial charge >= 0.3 is 0 Å². The second-order valence-corrected chi connectivity index (χ2v) is 6.82. The molecule has 2 nitrogen and oxygen atoms in total. The Balaban J connectivity index is 2.08. The molecular weight excluding hydrogens is 302 g/mol. The van der Waals surface area contributed by atoms with Gasteiger partial charge in [0.25, 0.3) is 0 Å². The molecule has 2 rings (SSSR count). The molecule has 1 aliphatic rings. The van der Waals surface area contributed by atoms with Gasteiger partial charge in [-0.15, -0.1) is 0 Å². The lowest BCUT2D eigenvalue weighted by Crippen LogP contribution is -2.34. The average molecular weight is 326 g/mol. The van der Waals surface area contributed by atoms with Crippen LogP contribution in [0, 0.1) is 11.8 Å². The number of aliphatic hydroxyl groups is 1. The van der Waals surface area contributed by atoms with Crippen molar-refractivity contribution in [1.82, 2.24) is 0 Å². The Kier molecular flexibility index (Phi) is 5.43. The van der Waals surface area contributed by atoms with Crippen LogP contribution in [-0.2, 0) is 0 Å². The Hall–Kier alpha value is -0.380. The molecule has 2 unspecified atom stereocenters. The standard InChI is InChI=1S/C16H24BrNO/c1-11-5-7-12(8-6-11)16(19)15(10-18)13-3-2-4-14(17)9-13/h2-4,9,11-12,15-16,19H,5-8,10,18H2,1H3. The second-order valence-electron chi connectivity index (χ2n) is 5.91. The number of benzene rings is 1. The number of hydrogen-bond donors (Lipinski definition) is 2. The van der Waals surface area contributed by atoms with Gasteiger partial charge in [0.1, 0.15) is 0 Å². The number of rotatable bonds is 4. The van der Waals surface area contributed by atoms with Crippen molar-refractivity contribution in [2.75, 3.05) is 6.54 Å². The first kappa shape index (κ1) is 15.0. The summed E-state index contributed by atoms with van der Waals surface area (Å²) in [5.74, 6) is 1.27. The third-order valence-electron chi connectivity index (χ3n) is 4.49. The lowest BCUT2D eigenvalue weighted by atomic mass is 9.75. The summed E-state index contributed by atoms with van der Waals surface area (Å²) in [7, 11) is 0. The molecule has 0 heterocycles. The molecule has 1 aromatic carbocycles. The monoisotopic (exact) mass is 325 g/mol. The van der Waals surface area contributed by atoms with Gasteiger partial charge in [-0.25, -0.2) is 0 Å².